The highest BCUT2D eigenvalue weighted by Crippen LogP contribution is 2.41. The van der Waals surface area contributed by atoms with Gasteiger partial charge in [-0.25, -0.2) is 0 Å². The normalized spacial score (nSPS) is 14.9. The van der Waals surface area contributed by atoms with Gasteiger partial charge in [-0.3, -0.25) is 4.79 Å². The molecule has 1 aromatic heterocycles. The Morgan fingerprint density at radius 3 is 2.88 bits per heavy atom. The number of hydrogen-bond acceptors (Lipinski definition) is 7. The van der Waals surface area contributed by atoms with Crippen molar-refractivity contribution in [2.45, 2.75) is 38.7 Å². The summed E-state index contributed by atoms with van der Waals surface area (Å²) in [7, 11) is 0. The third-order valence-electron chi connectivity index (χ3n) is 5.13. The van der Waals surface area contributed by atoms with E-state index in [1.807, 2.05) is 6.08 Å². The Morgan fingerprint density at radius 1 is 1.21 bits per heavy atom. The van der Waals surface area contributed by atoms with Crippen molar-refractivity contribution in [1.29, 1.82) is 0 Å². The highest BCUT2D eigenvalue weighted by molar-refractivity contribution is 6.05. The predicted molar refractivity (Wildman–Crippen MR) is 123 cm³/mol. The number of carbonyl (C=O) groups is 1. The molecule has 33 heavy (non-hydrogen) atoms. The van der Waals surface area contributed by atoms with Gasteiger partial charge in [0.1, 0.15) is 19.0 Å². The molecule has 0 fully saturated rings. The van der Waals surface area contributed by atoms with Gasteiger partial charge in [0.2, 0.25) is 5.82 Å². The number of nitrogens with zero attached hydrogens (tertiary/aromatic N) is 3. The van der Waals surface area contributed by atoms with Gasteiger partial charge in [-0.2, -0.15) is 5.21 Å². The standard InChI is InChI=1S/C24H27N5O4/c1-2-3-4-5-6-7-15-31-18-13-11-17(12-14-18)24(30)25-19-9-8-10-20-22(19)33-21(16-32-20)23-26-28-29-27-23/h6-14,21H,2-5,15-16H2,1H3,(H,25,30)(H,26,27,28,29)/b7-6-. The fourth-order valence-corrected chi connectivity index (χ4v) is 3.36. The number of hydrogen-bond donors (Lipinski definition) is 2. The van der Waals surface area contributed by atoms with Crippen LogP contribution in [0.2, 0.25) is 0 Å². The van der Waals surface area contributed by atoms with Gasteiger partial charge >= 0.3 is 0 Å². The van der Waals surface area contributed by atoms with Crippen LogP contribution in [0.5, 0.6) is 17.2 Å². The van der Waals surface area contributed by atoms with Crippen molar-refractivity contribution in [3.63, 3.8) is 0 Å². The van der Waals surface area contributed by atoms with Crippen LogP contribution in [0.1, 0.15) is 54.9 Å². The van der Waals surface area contributed by atoms with E-state index in [4.69, 9.17) is 14.2 Å². The highest BCUT2D eigenvalue weighted by Gasteiger charge is 2.28. The molecule has 1 aliphatic heterocycles. The molecule has 0 radical (unpaired) electrons. The maximum Gasteiger partial charge on any atom is 0.255 e. The summed E-state index contributed by atoms with van der Waals surface area (Å²) in [6, 6.07) is 12.3. The lowest BCUT2D eigenvalue weighted by Gasteiger charge is -2.26. The lowest BCUT2D eigenvalue weighted by molar-refractivity contribution is 0.0856. The van der Waals surface area contributed by atoms with E-state index in [0.717, 1.165) is 6.42 Å². The monoisotopic (exact) mass is 449 g/mol. The molecular formula is C24H27N5O4. The second-order valence-corrected chi connectivity index (χ2v) is 7.58. The number of carbonyl (C=O) groups excluding carboxylic acids is 1. The van der Waals surface area contributed by atoms with E-state index < -0.39 is 6.10 Å². The molecule has 0 bridgehead atoms. The molecule has 1 aliphatic rings. The summed E-state index contributed by atoms with van der Waals surface area (Å²) in [6.07, 6.45) is 8.40. The Morgan fingerprint density at radius 2 is 2.09 bits per heavy atom. The molecule has 2 N–H and O–H groups in total. The van der Waals surface area contributed by atoms with Crippen molar-refractivity contribution in [2.75, 3.05) is 18.5 Å². The molecule has 2 aromatic carbocycles. The van der Waals surface area contributed by atoms with Crippen molar-refractivity contribution in [3.8, 4) is 17.2 Å². The Labute approximate surface area is 192 Å². The minimum atomic E-state index is -0.522. The fraction of sp³-hybridized carbons (Fsp3) is 0.333. The zero-order chi connectivity index (χ0) is 22.9. The Kier molecular flexibility index (Phi) is 7.52. The Balaban J connectivity index is 1.34. The van der Waals surface area contributed by atoms with E-state index in [1.54, 1.807) is 42.5 Å². The summed E-state index contributed by atoms with van der Waals surface area (Å²) in [6.45, 7) is 2.95. The van der Waals surface area contributed by atoms with E-state index in [0.29, 0.717) is 40.9 Å². The largest absolute Gasteiger partial charge is 0.490 e. The molecule has 0 spiro atoms. The van der Waals surface area contributed by atoms with Crippen LogP contribution in [0.4, 0.5) is 5.69 Å². The van der Waals surface area contributed by atoms with Crippen LogP contribution in [0.25, 0.3) is 0 Å². The maximum atomic E-state index is 12.8. The predicted octanol–water partition coefficient (Wildman–Crippen LogP) is 4.48. The zero-order valence-electron chi connectivity index (χ0n) is 18.5. The summed E-state index contributed by atoms with van der Waals surface area (Å²) < 4.78 is 17.5. The van der Waals surface area contributed by atoms with E-state index in [2.05, 4.69) is 38.9 Å². The molecule has 0 saturated heterocycles. The van der Waals surface area contributed by atoms with Crippen molar-refractivity contribution in [3.05, 3.63) is 66.0 Å². The molecule has 3 aromatic rings. The smallest absolute Gasteiger partial charge is 0.255 e. The van der Waals surface area contributed by atoms with Crippen LogP contribution < -0.4 is 19.5 Å². The summed E-state index contributed by atoms with van der Waals surface area (Å²) in [5, 5.41) is 16.7. The number of amides is 1. The number of allylic oxidation sites excluding steroid dienone is 1. The van der Waals surface area contributed by atoms with Crippen molar-refractivity contribution in [2.24, 2.45) is 0 Å². The van der Waals surface area contributed by atoms with E-state index >= 15 is 0 Å². The number of aromatic amines is 1. The van der Waals surface area contributed by atoms with Crippen LogP contribution in [0.15, 0.2) is 54.6 Å². The lowest BCUT2D eigenvalue weighted by Crippen LogP contribution is -2.24. The number of fused-ring (bicyclic) bond motifs is 1. The van der Waals surface area contributed by atoms with Crippen molar-refractivity contribution < 1.29 is 19.0 Å². The number of benzene rings is 2. The lowest BCUT2D eigenvalue weighted by atomic mass is 10.2. The number of ether oxygens (including phenoxy) is 3. The van der Waals surface area contributed by atoms with Gasteiger partial charge in [-0.1, -0.05) is 43.2 Å². The number of aromatic nitrogens is 4. The number of H-pyrrole nitrogens is 1. The van der Waals surface area contributed by atoms with Crippen molar-refractivity contribution in [1.82, 2.24) is 20.6 Å². The Bertz CT molecular complexity index is 1070. The summed E-state index contributed by atoms with van der Waals surface area (Å²) in [5.74, 6) is 1.79. The summed E-state index contributed by atoms with van der Waals surface area (Å²) in [5.41, 5.74) is 1.00. The summed E-state index contributed by atoms with van der Waals surface area (Å²) >= 11 is 0. The molecule has 1 amide bonds. The van der Waals surface area contributed by atoms with Gasteiger partial charge in [0, 0.05) is 5.56 Å². The third kappa shape index (κ3) is 5.88. The van der Waals surface area contributed by atoms with E-state index in [1.165, 1.54) is 19.3 Å². The van der Waals surface area contributed by atoms with Gasteiger partial charge in [-0.05, 0) is 49.2 Å². The quantitative estimate of drug-likeness (QED) is 0.347. The first-order chi connectivity index (χ1) is 16.2. The zero-order valence-corrected chi connectivity index (χ0v) is 18.5. The molecule has 9 nitrogen and oxygen atoms in total. The number of unbranched alkanes of at least 4 members (excludes halogenated alkanes) is 3. The number of rotatable bonds is 10. The first-order valence-electron chi connectivity index (χ1n) is 11.1. The molecule has 4 rings (SSSR count). The van der Waals surface area contributed by atoms with E-state index in [9.17, 15) is 4.79 Å². The van der Waals surface area contributed by atoms with Crippen molar-refractivity contribution >= 4 is 11.6 Å². The van der Waals surface area contributed by atoms with Gasteiger partial charge in [0.15, 0.2) is 17.6 Å². The van der Waals surface area contributed by atoms with Crippen LogP contribution in [-0.4, -0.2) is 39.7 Å². The van der Waals surface area contributed by atoms with Crippen LogP contribution in [0.3, 0.4) is 0 Å². The maximum absolute atomic E-state index is 12.8. The molecular weight excluding hydrogens is 422 g/mol. The van der Waals surface area contributed by atoms with Crippen LogP contribution in [-0.2, 0) is 0 Å². The summed E-state index contributed by atoms with van der Waals surface area (Å²) in [4.78, 5) is 12.8. The van der Waals surface area contributed by atoms with Gasteiger partial charge in [0.25, 0.3) is 5.91 Å². The van der Waals surface area contributed by atoms with Crippen LogP contribution in [0, 0.1) is 0 Å². The first-order valence-corrected chi connectivity index (χ1v) is 11.1. The minimum absolute atomic E-state index is 0.249. The molecule has 1 atom stereocenters. The highest BCUT2D eigenvalue weighted by atomic mass is 16.6. The number of nitrogens with one attached hydrogen (secondary N) is 2. The number of para-hydroxylation sites is 1. The van der Waals surface area contributed by atoms with Gasteiger partial charge in [0.05, 0.1) is 5.69 Å². The molecule has 0 saturated carbocycles. The second kappa shape index (κ2) is 11.1. The molecule has 0 aliphatic carbocycles. The Hall–Kier alpha value is -3.88. The second-order valence-electron chi connectivity index (χ2n) is 7.58. The average Bonchev–Trinajstić information content (AvgIpc) is 3.39. The fourth-order valence-electron chi connectivity index (χ4n) is 3.36. The third-order valence-corrected chi connectivity index (χ3v) is 5.13. The van der Waals surface area contributed by atoms with Gasteiger partial charge in [-0.15, -0.1) is 10.2 Å². The SMILES string of the molecule is CCCCC/C=C\COc1ccc(C(=O)Nc2cccc3c2OC(c2nn[nH]n2)CO3)cc1. The molecule has 2 heterocycles. The topological polar surface area (TPSA) is 111 Å². The van der Waals surface area contributed by atoms with E-state index in [-0.39, 0.29) is 12.5 Å². The van der Waals surface area contributed by atoms with Crippen LogP contribution >= 0.6 is 0 Å². The average molecular weight is 450 g/mol. The molecule has 9 heteroatoms. The number of tetrazole rings is 1. The van der Waals surface area contributed by atoms with Gasteiger partial charge < -0.3 is 19.5 Å². The molecule has 172 valence electrons. The first kappa shape index (κ1) is 22.3. The molecule has 1 unspecified atom stereocenters. The minimum Gasteiger partial charge on any atom is -0.490 e. The number of anilines is 1.